The Morgan fingerprint density at radius 2 is 1.33 bits per heavy atom. The number of hydrogen-bond donors (Lipinski definition) is 1. The van der Waals surface area contributed by atoms with Crippen LogP contribution >= 0.6 is 0 Å². The second-order valence-electron chi connectivity index (χ2n) is 2.49. The molecular formula is C10H24O2. The molecule has 0 unspecified atom stereocenters. The van der Waals surface area contributed by atoms with E-state index in [2.05, 4.69) is 20.1 Å². The minimum Gasteiger partial charge on any atom is -0.412 e. The smallest absolute Gasteiger partial charge is 0.0431 e. The Labute approximate surface area is 76.6 Å². The van der Waals surface area contributed by atoms with Crippen LogP contribution < -0.4 is 0 Å². The molecule has 0 aliphatic carbocycles. The van der Waals surface area contributed by atoms with Gasteiger partial charge in [-0.25, -0.2) is 0 Å². The van der Waals surface area contributed by atoms with E-state index in [-0.39, 0.29) is 5.48 Å². The van der Waals surface area contributed by atoms with Gasteiger partial charge >= 0.3 is 0 Å². The standard InChI is InChI=1S/C8H18O.C2H4.H2O/c1-2-3-4-5-6-7-8-9;1-2;/h9H,2-8H2,1H3;1-2H2;1H2. The minimum absolute atomic E-state index is 0. The van der Waals surface area contributed by atoms with Crippen LogP contribution in [0.4, 0.5) is 0 Å². The average Bonchev–Trinajstić information content (AvgIpc) is 2.08. The number of hydrogen-bond acceptors (Lipinski definition) is 1. The predicted octanol–water partition coefficient (Wildman–Crippen LogP) is 2.32. The zero-order valence-corrected chi connectivity index (χ0v) is 8.31. The summed E-state index contributed by atoms with van der Waals surface area (Å²) in [5.41, 5.74) is 0. The van der Waals surface area contributed by atoms with Crippen molar-refractivity contribution in [2.75, 3.05) is 6.61 Å². The molecule has 0 rings (SSSR count). The maximum atomic E-state index is 8.42. The second-order valence-corrected chi connectivity index (χ2v) is 2.49. The first-order valence-corrected chi connectivity index (χ1v) is 4.52. The molecule has 0 saturated carbocycles. The fourth-order valence-corrected chi connectivity index (χ4v) is 0.892. The van der Waals surface area contributed by atoms with Gasteiger partial charge in [-0.05, 0) is 6.42 Å². The van der Waals surface area contributed by atoms with E-state index in [1.807, 2.05) is 0 Å². The lowest BCUT2D eigenvalue weighted by molar-refractivity contribution is 0.282. The van der Waals surface area contributed by atoms with Gasteiger partial charge in [0.2, 0.25) is 0 Å². The number of aliphatic hydroxyl groups excluding tert-OH is 1. The summed E-state index contributed by atoms with van der Waals surface area (Å²) in [7, 11) is 0. The van der Waals surface area contributed by atoms with Crippen LogP contribution in [0, 0.1) is 0 Å². The van der Waals surface area contributed by atoms with Crippen molar-refractivity contribution in [1.29, 1.82) is 0 Å². The molecule has 0 aromatic heterocycles. The summed E-state index contributed by atoms with van der Waals surface area (Å²) in [6, 6.07) is 0. The second kappa shape index (κ2) is 22.4. The van der Waals surface area contributed by atoms with E-state index in [1.165, 1.54) is 32.1 Å². The lowest BCUT2D eigenvalue weighted by atomic mass is 10.1. The van der Waals surface area contributed by atoms with Crippen molar-refractivity contribution in [3.8, 4) is 0 Å². The summed E-state index contributed by atoms with van der Waals surface area (Å²) in [6.07, 6.45) is 7.50. The van der Waals surface area contributed by atoms with Gasteiger partial charge in [0, 0.05) is 6.61 Å². The summed E-state index contributed by atoms with van der Waals surface area (Å²) in [5, 5.41) is 8.42. The van der Waals surface area contributed by atoms with E-state index < -0.39 is 0 Å². The van der Waals surface area contributed by atoms with Crippen molar-refractivity contribution >= 4 is 0 Å². The molecule has 0 atom stereocenters. The van der Waals surface area contributed by atoms with Crippen molar-refractivity contribution < 1.29 is 10.6 Å². The fraction of sp³-hybridized carbons (Fsp3) is 0.800. The van der Waals surface area contributed by atoms with Crippen LogP contribution in [0.2, 0.25) is 0 Å². The normalized spacial score (nSPS) is 7.83. The maximum Gasteiger partial charge on any atom is 0.0431 e. The van der Waals surface area contributed by atoms with Crippen LogP contribution in [0.25, 0.3) is 0 Å². The molecule has 0 aromatic carbocycles. The van der Waals surface area contributed by atoms with Crippen molar-refractivity contribution in [1.82, 2.24) is 0 Å². The molecule has 2 heteroatoms. The largest absolute Gasteiger partial charge is 0.412 e. The molecule has 76 valence electrons. The molecule has 0 saturated heterocycles. The van der Waals surface area contributed by atoms with Gasteiger partial charge in [-0.3, -0.25) is 0 Å². The molecular weight excluding hydrogens is 152 g/mol. The molecule has 0 radical (unpaired) electrons. The van der Waals surface area contributed by atoms with Crippen LogP contribution in [0.5, 0.6) is 0 Å². The summed E-state index contributed by atoms with van der Waals surface area (Å²) in [6.45, 7) is 8.58. The molecule has 0 fully saturated rings. The molecule has 3 N–H and O–H groups in total. The summed E-state index contributed by atoms with van der Waals surface area (Å²) < 4.78 is 0. The molecule has 0 bridgehead atoms. The van der Waals surface area contributed by atoms with Gasteiger partial charge in [-0.15, -0.1) is 13.2 Å². The highest BCUT2D eigenvalue weighted by Crippen LogP contribution is 2.03. The molecule has 0 aromatic rings. The third-order valence-corrected chi connectivity index (χ3v) is 1.51. The van der Waals surface area contributed by atoms with E-state index in [0.29, 0.717) is 6.61 Å². The molecule has 0 heterocycles. The number of unbranched alkanes of at least 4 members (excludes halogenated alkanes) is 5. The molecule has 0 aliphatic rings. The third-order valence-electron chi connectivity index (χ3n) is 1.51. The third kappa shape index (κ3) is 22.6. The van der Waals surface area contributed by atoms with Crippen LogP contribution in [0.15, 0.2) is 13.2 Å². The highest BCUT2D eigenvalue weighted by atomic mass is 16.2. The zero-order chi connectivity index (χ0) is 8.95. The predicted molar refractivity (Wildman–Crippen MR) is 55.3 cm³/mol. The van der Waals surface area contributed by atoms with Gasteiger partial charge < -0.3 is 10.6 Å². The Balaban J connectivity index is -0.000000249. The monoisotopic (exact) mass is 176 g/mol. The van der Waals surface area contributed by atoms with Gasteiger partial charge in [0.15, 0.2) is 0 Å². The topological polar surface area (TPSA) is 51.7 Å². The van der Waals surface area contributed by atoms with E-state index in [1.54, 1.807) is 0 Å². The summed E-state index contributed by atoms with van der Waals surface area (Å²) in [5.74, 6) is 0. The van der Waals surface area contributed by atoms with Crippen molar-refractivity contribution in [3.63, 3.8) is 0 Å². The minimum atomic E-state index is 0. The van der Waals surface area contributed by atoms with Gasteiger partial charge in [-0.2, -0.15) is 0 Å². The molecule has 0 spiro atoms. The van der Waals surface area contributed by atoms with Gasteiger partial charge in [0.25, 0.3) is 0 Å². The summed E-state index contributed by atoms with van der Waals surface area (Å²) >= 11 is 0. The van der Waals surface area contributed by atoms with Crippen LogP contribution in [-0.4, -0.2) is 17.2 Å². The van der Waals surface area contributed by atoms with Crippen LogP contribution in [0.1, 0.15) is 45.4 Å². The first-order chi connectivity index (χ1) is 5.41. The van der Waals surface area contributed by atoms with Crippen LogP contribution in [-0.2, 0) is 0 Å². The van der Waals surface area contributed by atoms with Crippen molar-refractivity contribution in [3.05, 3.63) is 13.2 Å². The lowest BCUT2D eigenvalue weighted by Crippen LogP contribution is -1.82. The van der Waals surface area contributed by atoms with Gasteiger partial charge in [0.05, 0.1) is 0 Å². The Hall–Kier alpha value is -0.340. The highest BCUT2D eigenvalue weighted by Gasteiger charge is 1.86. The van der Waals surface area contributed by atoms with E-state index in [4.69, 9.17) is 5.11 Å². The van der Waals surface area contributed by atoms with E-state index >= 15 is 0 Å². The molecule has 0 aliphatic heterocycles. The zero-order valence-electron chi connectivity index (χ0n) is 8.31. The summed E-state index contributed by atoms with van der Waals surface area (Å²) in [4.78, 5) is 0. The fourth-order valence-electron chi connectivity index (χ4n) is 0.892. The maximum absolute atomic E-state index is 8.42. The van der Waals surface area contributed by atoms with Gasteiger partial charge in [0.1, 0.15) is 0 Å². The number of aliphatic hydroxyl groups is 1. The quantitative estimate of drug-likeness (QED) is 0.490. The van der Waals surface area contributed by atoms with E-state index in [9.17, 15) is 0 Å². The average molecular weight is 176 g/mol. The van der Waals surface area contributed by atoms with E-state index in [0.717, 1.165) is 6.42 Å². The molecule has 0 amide bonds. The van der Waals surface area contributed by atoms with Gasteiger partial charge in [-0.1, -0.05) is 39.0 Å². The Morgan fingerprint density at radius 3 is 1.75 bits per heavy atom. The van der Waals surface area contributed by atoms with Crippen molar-refractivity contribution in [2.45, 2.75) is 45.4 Å². The Kier molecular flexibility index (Phi) is 33.0. The number of rotatable bonds is 6. The highest BCUT2D eigenvalue weighted by molar-refractivity contribution is 4.41. The van der Waals surface area contributed by atoms with Crippen molar-refractivity contribution in [2.24, 2.45) is 0 Å². The Morgan fingerprint density at radius 1 is 0.917 bits per heavy atom. The first kappa shape index (κ1) is 17.7. The Bertz CT molecular complexity index is 49.8. The SMILES string of the molecule is C=C.CCCCCCCCO.O. The molecule has 2 nitrogen and oxygen atoms in total. The first-order valence-electron chi connectivity index (χ1n) is 4.52. The molecule has 12 heavy (non-hydrogen) atoms. The van der Waals surface area contributed by atoms with Crippen LogP contribution in [0.3, 0.4) is 0 Å². The lowest BCUT2D eigenvalue weighted by Gasteiger charge is -1.95.